The molecule has 1 aliphatic heterocycles. The van der Waals surface area contributed by atoms with Crippen LogP contribution in [0.4, 0.5) is 0 Å². The van der Waals surface area contributed by atoms with Crippen molar-refractivity contribution in [1.29, 1.82) is 0 Å². The second-order valence-electron chi connectivity index (χ2n) is 13.4. The van der Waals surface area contributed by atoms with Crippen molar-refractivity contribution < 1.29 is 29.1 Å². The molecule has 2 saturated carbocycles. The van der Waals surface area contributed by atoms with Crippen LogP contribution in [0, 0.1) is 23.7 Å². The van der Waals surface area contributed by atoms with Gasteiger partial charge in [-0.2, -0.15) is 0 Å². The van der Waals surface area contributed by atoms with Gasteiger partial charge in [0.25, 0.3) is 11.8 Å². The van der Waals surface area contributed by atoms with E-state index in [0.29, 0.717) is 19.4 Å². The normalized spacial score (nSPS) is 23.6. The fourth-order valence-corrected chi connectivity index (χ4v) is 6.56. The van der Waals surface area contributed by atoms with Gasteiger partial charge in [-0.1, -0.05) is 47.5 Å². The first-order chi connectivity index (χ1) is 21.4. The van der Waals surface area contributed by atoms with Gasteiger partial charge in [-0.15, -0.1) is 0 Å². The van der Waals surface area contributed by atoms with Gasteiger partial charge in [0.2, 0.25) is 17.7 Å². The molecule has 45 heavy (non-hydrogen) atoms. The Balaban J connectivity index is 1.49. The first-order valence-corrected chi connectivity index (χ1v) is 16.4. The van der Waals surface area contributed by atoms with Crippen LogP contribution >= 0.6 is 0 Å². The van der Waals surface area contributed by atoms with Crippen molar-refractivity contribution in [3.8, 4) is 0 Å². The highest BCUT2D eigenvalue weighted by molar-refractivity contribution is 5.98. The molecule has 1 saturated heterocycles. The fraction of sp³-hybridized carbons (Fsp3) is 0.719. The number of aliphatic hydroxyl groups excluding tert-OH is 1. The summed E-state index contributed by atoms with van der Waals surface area (Å²) in [7, 11) is 0. The van der Waals surface area contributed by atoms with Gasteiger partial charge in [0, 0.05) is 25.0 Å². The fourth-order valence-electron chi connectivity index (χ4n) is 6.56. The summed E-state index contributed by atoms with van der Waals surface area (Å²) in [6.07, 6.45) is 8.19. The molecule has 1 aromatic heterocycles. The molecule has 2 aliphatic carbocycles. The maximum atomic E-state index is 14.2. The van der Waals surface area contributed by atoms with Gasteiger partial charge in [-0.25, -0.2) is 4.98 Å². The van der Waals surface area contributed by atoms with E-state index in [2.05, 4.69) is 31.2 Å². The van der Waals surface area contributed by atoms with Crippen LogP contribution in [0.3, 0.4) is 0 Å². The monoisotopic (exact) mass is 627 g/mol. The summed E-state index contributed by atoms with van der Waals surface area (Å²) in [5.74, 6) is -2.82. The average molecular weight is 628 g/mol. The Morgan fingerprint density at radius 1 is 0.933 bits per heavy atom. The lowest BCUT2D eigenvalue weighted by molar-refractivity contribution is -0.144. The first kappa shape index (κ1) is 34.3. The maximum Gasteiger partial charge on any atom is 0.272 e. The minimum absolute atomic E-state index is 0.0492. The van der Waals surface area contributed by atoms with E-state index in [1.165, 1.54) is 18.6 Å². The number of fused-ring (bicyclic) bond motifs is 1. The molecule has 0 aromatic carbocycles. The molecule has 3 fully saturated rings. The minimum Gasteiger partial charge on any atom is -0.381 e. The molecule has 0 bridgehead atoms. The lowest BCUT2D eigenvalue weighted by atomic mass is 9.92. The summed E-state index contributed by atoms with van der Waals surface area (Å²) in [5, 5.41) is 22.1. The van der Waals surface area contributed by atoms with E-state index in [1.54, 1.807) is 18.7 Å². The highest BCUT2D eigenvalue weighted by Crippen LogP contribution is 2.42. The number of carbonyl (C=O) groups excluding carboxylic acids is 5. The first-order valence-electron chi connectivity index (χ1n) is 16.4. The summed E-state index contributed by atoms with van der Waals surface area (Å²) < 4.78 is 0. The molecule has 13 nitrogen and oxygen atoms in total. The van der Waals surface area contributed by atoms with Gasteiger partial charge in [-0.05, 0) is 55.8 Å². The van der Waals surface area contributed by atoms with Crippen molar-refractivity contribution in [1.82, 2.24) is 36.1 Å². The Labute approximate surface area is 265 Å². The Morgan fingerprint density at radius 3 is 2.24 bits per heavy atom. The van der Waals surface area contributed by atoms with Gasteiger partial charge in [0.05, 0.1) is 12.2 Å². The third kappa shape index (κ3) is 8.36. The van der Waals surface area contributed by atoms with E-state index in [0.717, 1.165) is 32.1 Å². The van der Waals surface area contributed by atoms with Gasteiger partial charge >= 0.3 is 0 Å². The van der Waals surface area contributed by atoms with Crippen LogP contribution in [0.25, 0.3) is 0 Å². The van der Waals surface area contributed by atoms with Gasteiger partial charge in [0.1, 0.15) is 23.8 Å². The third-order valence-electron chi connectivity index (χ3n) is 9.20. The number of aliphatic hydroxyl groups is 1. The molecule has 3 aliphatic rings. The molecule has 3 unspecified atom stereocenters. The summed E-state index contributed by atoms with van der Waals surface area (Å²) in [4.78, 5) is 76.6. The number of nitrogens with zero attached hydrogens (tertiary/aromatic N) is 3. The third-order valence-corrected chi connectivity index (χ3v) is 9.20. The average Bonchev–Trinajstić information content (AvgIpc) is 3.57. The zero-order valence-corrected chi connectivity index (χ0v) is 27.0. The lowest BCUT2D eigenvalue weighted by Crippen LogP contribution is -2.60. The quantitative estimate of drug-likeness (QED) is 0.202. The van der Waals surface area contributed by atoms with Crippen molar-refractivity contribution >= 4 is 29.5 Å². The smallest absolute Gasteiger partial charge is 0.272 e. The molecule has 248 valence electrons. The summed E-state index contributed by atoms with van der Waals surface area (Å²) in [5.41, 5.74) is 0.0708. The van der Waals surface area contributed by atoms with E-state index < -0.39 is 48.0 Å². The minimum atomic E-state index is -1.40. The van der Waals surface area contributed by atoms with E-state index >= 15 is 0 Å². The Morgan fingerprint density at radius 2 is 1.64 bits per heavy atom. The zero-order chi connectivity index (χ0) is 32.8. The molecule has 0 spiro atoms. The van der Waals surface area contributed by atoms with Crippen LogP contribution in [0.1, 0.15) is 90.1 Å². The van der Waals surface area contributed by atoms with Crippen LogP contribution in [0.5, 0.6) is 0 Å². The number of aromatic nitrogens is 2. The Kier molecular flexibility index (Phi) is 11.5. The van der Waals surface area contributed by atoms with Crippen LogP contribution < -0.4 is 21.3 Å². The highest BCUT2D eigenvalue weighted by Gasteiger charge is 2.51. The molecule has 5 amide bonds. The van der Waals surface area contributed by atoms with Crippen LogP contribution in [-0.2, 0) is 19.2 Å². The van der Waals surface area contributed by atoms with Crippen LogP contribution in [0.15, 0.2) is 18.6 Å². The molecule has 4 rings (SSSR count). The van der Waals surface area contributed by atoms with Gasteiger partial charge < -0.3 is 31.3 Å². The number of rotatable bonds is 14. The van der Waals surface area contributed by atoms with E-state index in [1.807, 2.05) is 20.8 Å². The van der Waals surface area contributed by atoms with Gasteiger partial charge in [-0.3, -0.25) is 29.0 Å². The molecule has 0 radical (unpaired) electrons. The topological polar surface area (TPSA) is 183 Å². The molecular weight excluding hydrogens is 578 g/mol. The van der Waals surface area contributed by atoms with Crippen LogP contribution in [0.2, 0.25) is 0 Å². The number of amides is 5. The molecule has 5 N–H and O–H groups in total. The van der Waals surface area contributed by atoms with Gasteiger partial charge in [0.15, 0.2) is 6.10 Å². The zero-order valence-electron chi connectivity index (χ0n) is 27.0. The maximum absolute atomic E-state index is 14.2. The number of hydrogen-bond acceptors (Lipinski definition) is 8. The summed E-state index contributed by atoms with van der Waals surface area (Å²) >= 11 is 0. The second-order valence-corrected chi connectivity index (χ2v) is 13.4. The van der Waals surface area contributed by atoms with Crippen LogP contribution in [-0.4, -0.2) is 92.4 Å². The number of nitrogens with one attached hydrogen (secondary N) is 4. The number of hydrogen-bond donors (Lipinski definition) is 5. The van der Waals surface area contributed by atoms with E-state index in [-0.39, 0.29) is 47.2 Å². The summed E-state index contributed by atoms with van der Waals surface area (Å²) in [6.45, 7) is 9.54. The number of likely N-dealkylation sites (tertiary alicyclic amines) is 1. The number of carbonyl (C=O) groups is 5. The van der Waals surface area contributed by atoms with Crippen molar-refractivity contribution in [2.75, 3.05) is 6.54 Å². The van der Waals surface area contributed by atoms with Crippen molar-refractivity contribution in [2.24, 2.45) is 23.7 Å². The summed E-state index contributed by atoms with van der Waals surface area (Å²) in [6, 6.07) is -3.38. The highest BCUT2D eigenvalue weighted by atomic mass is 16.3. The molecule has 2 heterocycles. The predicted octanol–water partition coefficient (Wildman–Crippen LogP) is 0.923. The van der Waals surface area contributed by atoms with Crippen molar-refractivity contribution in [3.05, 3.63) is 24.3 Å². The molecule has 7 atom stereocenters. The molecular formula is C32H49N7O6. The Hall–Kier alpha value is -3.61. The lowest BCUT2D eigenvalue weighted by Gasteiger charge is -2.34. The molecule has 1 aromatic rings. The SMILES string of the molecule is CCCC(NC(=O)C1[C@H]2CCC[C@H]2CN1C(=O)[C@@H](NC(=O)[C@H](NC(=O)c1cnccn1)C(C)C)C(C)C)C(O)C(=O)NC1CC1. The van der Waals surface area contributed by atoms with E-state index in [9.17, 15) is 29.1 Å². The Bertz CT molecular complexity index is 1220. The second kappa shape index (κ2) is 15.1. The predicted molar refractivity (Wildman–Crippen MR) is 165 cm³/mol. The largest absolute Gasteiger partial charge is 0.381 e. The molecule has 13 heteroatoms. The standard InChI is InChI=1S/C32H49N7O6/c1-6-8-22(27(40)31(44)35-20-11-12-20)36-30(43)26-21-10-7-9-19(21)16-39(26)32(45)25(18(4)5)38-29(42)24(17(2)3)37-28(41)23-15-33-13-14-34-23/h13-15,17-22,24-27,40H,6-12,16H2,1-5H3,(H,35,44)(H,36,43)(H,37,41)(H,38,42)/t19-,21-,22?,24+,25-,26?,27?/m0/s1. The van der Waals surface area contributed by atoms with Crippen molar-refractivity contribution in [2.45, 2.75) is 116 Å². The van der Waals surface area contributed by atoms with Crippen molar-refractivity contribution in [3.63, 3.8) is 0 Å². The van der Waals surface area contributed by atoms with E-state index in [4.69, 9.17) is 0 Å².